The summed E-state index contributed by atoms with van der Waals surface area (Å²) < 4.78 is 34.3. The third kappa shape index (κ3) is 8.88. The van der Waals surface area contributed by atoms with E-state index in [1.165, 1.54) is 66.7 Å². The monoisotopic (exact) mass is 648 g/mol. The molecule has 3 aromatic rings. The average molecular weight is 649 g/mol. The summed E-state index contributed by atoms with van der Waals surface area (Å²) in [6.45, 7) is 1.14. The Morgan fingerprint density at radius 2 is 1.74 bits per heavy atom. The number of amides is 5. The highest BCUT2D eigenvalue weighted by atomic mass is 19.1. The highest BCUT2D eigenvalue weighted by Gasteiger charge is 2.28. The van der Waals surface area contributed by atoms with E-state index in [4.69, 9.17) is 4.74 Å². The quantitative estimate of drug-likeness (QED) is 0.120. The third-order valence-electron chi connectivity index (χ3n) is 7.73. The van der Waals surface area contributed by atoms with Crippen LogP contribution in [0.3, 0.4) is 0 Å². The van der Waals surface area contributed by atoms with Crippen LogP contribution in [0, 0.1) is 17.6 Å². The molecule has 14 heteroatoms. The number of hydrogen-bond donors (Lipinski definition) is 3. The summed E-state index contributed by atoms with van der Waals surface area (Å²) >= 11 is 0. The van der Waals surface area contributed by atoms with Gasteiger partial charge in [0.25, 0.3) is 11.8 Å². The molecule has 246 valence electrons. The first kappa shape index (κ1) is 33.0. The normalized spacial score (nSPS) is 15.1. The van der Waals surface area contributed by atoms with Crippen molar-refractivity contribution in [2.24, 2.45) is 5.92 Å². The number of rotatable bonds is 11. The van der Waals surface area contributed by atoms with E-state index >= 15 is 4.39 Å². The van der Waals surface area contributed by atoms with Crippen molar-refractivity contribution in [3.05, 3.63) is 84.2 Å². The van der Waals surface area contributed by atoms with Crippen molar-refractivity contribution in [1.29, 1.82) is 0 Å². The summed E-state index contributed by atoms with van der Waals surface area (Å²) in [5, 5.41) is 14.8. The number of aliphatic hydroxyl groups excluding tert-OH is 1. The van der Waals surface area contributed by atoms with E-state index in [0.29, 0.717) is 44.6 Å². The lowest BCUT2D eigenvalue weighted by Gasteiger charge is -2.29. The molecule has 3 N–H and O–H groups in total. The molecule has 5 amide bonds. The SMILES string of the molecule is CN(C(=O)/C(=C\N(C=O)CC1CC1)C(=O)Nc1ccc(Oc2ccnc(NC(=O)N3CCC(O)CC3)c2)c(F)c1)c1ccc(F)cc1. The Labute approximate surface area is 269 Å². The number of nitrogens with zero attached hydrogens (tertiary/aromatic N) is 4. The molecule has 0 bridgehead atoms. The van der Waals surface area contributed by atoms with Crippen LogP contribution in [0.5, 0.6) is 11.5 Å². The number of urea groups is 1. The Morgan fingerprint density at radius 1 is 1.02 bits per heavy atom. The minimum absolute atomic E-state index is 0.0113. The standard InChI is InChI=1S/C33H34F2N6O6/c1-39(24-7-4-22(34)5-8-24)32(45)27(19-40(20-42)18-21-2-3-21)31(44)37-23-6-9-29(28(35)16-23)47-26-10-13-36-30(17-26)38-33(46)41-14-11-25(43)12-15-41/h4-10,13,16-17,19-21,25,43H,2-3,11-12,14-15,18H2,1H3,(H,37,44)(H,36,38,46)/b27-19-. The summed E-state index contributed by atoms with van der Waals surface area (Å²) in [6.07, 6.45) is 5.47. The van der Waals surface area contributed by atoms with Gasteiger partial charge in [-0.3, -0.25) is 19.7 Å². The molecule has 2 fully saturated rings. The number of pyridine rings is 1. The van der Waals surface area contributed by atoms with Crippen molar-refractivity contribution >= 4 is 41.4 Å². The second kappa shape index (κ2) is 14.8. The zero-order valence-electron chi connectivity index (χ0n) is 25.6. The number of likely N-dealkylation sites (N-methyl/N-ethyl adjacent to an activating group) is 1. The molecule has 5 rings (SSSR count). The lowest BCUT2D eigenvalue weighted by atomic mass is 10.1. The number of hydrogen-bond acceptors (Lipinski definition) is 7. The first-order chi connectivity index (χ1) is 22.6. The second-order valence-corrected chi connectivity index (χ2v) is 11.4. The van der Waals surface area contributed by atoms with E-state index in [0.717, 1.165) is 30.0 Å². The number of aliphatic hydroxyl groups is 1. The fraction of sp³-hybridized carbons (Fsp3) is 0.303. The van der Waals surface area contributed by atoms with E-state index in [9.17, 15) is 28.7 Å². The number of anilines is 3. The maximum absolute atomic E-state index is 15.2. The number of likely N-dealkylation sites (tertiary alicyclic amines) is 1. The third-order valence-corrected chi connectivity index (χ3v) is 7.73. The number of benzene rings is 2. The molecule has 1 aliphatic heterocycles. The maximum Gasteiger partial charge on any atom is 0.323 e. The highest BCUT2D eigenvalue weighted by molar-refractivity contribution is 6.26. The van der Waals surface area contributed by atoms with Crippen LogP contribution in [-0.2, 0) is 14.4 Å². The zero-order chi connectivity index (χ0) is 33.5. The fourth-order valence-electron chi connectivity index (χ4n) is 4.85. The Balaban J connectivity index is 1.28. The van der Waals surface area contributed by atoms with Crippen LogP contribution in [0.15, 0.2) is 72.6 Å². The van der Waals surface area contributed by atoms with E-state index < -0.39 is 35.1 Å². The van der Waals surface area contributed by atoms with Gasteiger partial charge in [0.2, 0.25) is 6.41 Å². The number of nitrogens with one attached hydrogen (secondary N) is 2. The molecule has 1 saturated carbocycles. The molecule has 0 atom stereocenters. The molecule has 1 aromatic heterocycles. The van der Waals surface area contributed by atoms with Crippen molar-refractivity contribution in [1.82, 2.24) is 14.8 Å². The Kier molecular flexibility index (Phi) is 10.4. The van der Waals surface area contributed by atoms with Gasteiger partial charge in [0.15, 0.2) is 11.6 Å². The second-order valence-electron chi connectivity index (χ2n) is 11.4. The average Bonchev–Trinajstić information content (AvgIpc) is 3.88. The molecular formula is C33H34F2N6O6. The first-order valence-corrected chi connectivity index (χ1v) is 15.0. The fourth-order valence-corrected chi connectivity index (χ4v) is 4.85. The number of ether oxygens (including phenoxy) is 1. The van der Waals surface area contributed by atoms with E-state index in [1.54, 1.807) is 4.90 Å². The van der Waals surface area contributed by atoms with Gasteiger partial charge in [-0.15, -0.1) is 0 Å². The van der Waals surface area contributed by atoms with Crippen molar-refractivity contribution < 1.29 is 37.8 Å². The molecule has 0 spiro atoms. The number of aromatic nitrogens is 1. The molecule has 0 radical (unpaired) electrons. The number of piperidine rings is 1. The van der Waals surface area contributed by atoms with Gasteiger partial charge in [0.1, 0.15) is 23.0 Å². The smallest absolute Gasteiger partial charge is 0.323 e. The number of carbonyl (C=O) groups excluding carboxylic acids is 4. The lowest BCUT2D eigenvalue weighted by Crippen LogP contribution is -2.42. The molecule has 2 aliphatic rings. The summed E-state index contributed by atoms with van der Waals surface area (Å²) in [5.41, 5.74) is -0.0674. The Bertz CT molecular complexity index is 1660. The van der Waals surface area contributed by atoms with Crippen LogP contribution in [0.1, 0.15) is 25.7 Å². The molecule has 2 heterocycles. The predicted molar refractivity (Wildman–Crippen MR) is 169 cm³/mol. The van der Waals surface area contributed by atoms with Crippen LogP contribution in [0.2, 0.25) is 0 Å². The molecule has 1 saturated heterocycles. The zero-order valence-corrected chi connectivity index (χ0v) is 25.6. The van der Waals surface area contributed by atoms with Gasteiger partial charge < -0.3 is 29.9 Å². The Morgan fingerprint density at radius 3 is 2.40 bits per heavy atom. The topological polar surface area (TPSA) is 144 Å². The summed E-state index contributed by atoms with van der Waals surface area (Å²) in [5.74, 6) is -2.54. The minimum atomic E-state index is -0.891. The lowest BCUT2D eigenvalue weighted by molar-refractivity contribution is -0.119. The first-order valence-electron chi connectivity index (χ1n) is 15.0. The van der Waals surface area contributed by atoms with E-state index in [1.807, 2.05) is 0 Å². The minimum Gasteiger partial charge on any atom is -0.454 e. The van der Waals surface area contributed by atoms with Gasteiger partial charge in [-0.1, -0.05) is 0 Å². The van der Waals surface area contributed by atoms with E-state index in [2.05, 4.69) is 15.6 Å². The van der Waals surface area contributed by atoms with Crippen molar-refractivity contribution in [3.63, 3.8) is 0 Å². The van der Waals surface area contributed by atoms with Crippen LogP contribution in [-0.4, -0.2) is 76.9 Å². The van der Waals surface area contributed by atoms with Crippen LogP contribution in [0.4, 0.5) is 30.8 Å². The van der Waals surface area contributed by atoms with Crippen molar-refractivity contribution in [3.8, 4) is 11.5 Å². The molecule has 47 heavy (non-hydrogen) atoms. The largest absolute Gasteiger partial charge is 0.454 e. The van der Waals surface area contributed by atoms with Crippen LogP contribution in [0.25, 0.3) is 0 Å². The van der Waals surface area contributed by atoms with Gasteiger partial charge in [0.05, 0.1) is 6.10 Å². The number of carbonyl (C=O) groups is 4. The maximum atomic E-state index is 15.2. The van der Waals surface area contributed by atoms with Gasteiger partial charge in [-0.2, -0.15) is 0 Å². The highest BCUT2D eigenvalue weighted by Crippen LogP contribution is 2.30. The molecule has 12 nitrogen and oxygen atoms in total. The van der Waals surface area contributed by atoms with Gasteiger partial charge in [0, 0.05) is 62.6 Å². The molecule has 0 unspecified atom stereocenters. The van der Waals surface area contributed by atoms with Gasteiger partial charge in [-0.25, -0.2) is 18.6 Å². The number of halogens is 2. The van der Waals surface area contributed by atoms with Gasteiger partial charge >= 0.3 is 6.03 Å². The summed E-state index contributed by atoms with van der Waals surface area (Å²) in [7, 11) is 1.41. The van der Waals surface area contributed by atoms with Gasteiger partial charge in [-0.05, 0) is 74.1 Å². The molecular weight excluding hydrogens is 614 g/mol. The molecule has 1 aliphatic carbocycles. The predicted octanol–water partition coefficient (Wildman–Crippen LogP) is 4.49. The van der Waals surface area contributed by atoms with Crippen molar-refractivity contribution in [2.75, 3.05) is 42.2 Å². The van der Waals surface area contributed by atoms with Crippen molar-refractivity contribution in [2.45, 2.75) is 31.8 Å². The van der Waals surface area contributed by atoms with Crippen LogP contribution >= 0.6 is 0 Å². The van der Waals surface area contributed by atoms with Crippen LogP contribution < -0.4 is 20.3 Å². The summed E-state index contributed by atoms with van der Waals surface area (Å²) in [4.78, 5) is 59.2. The summed E-state index contributed by atoms with van der Waals surface area (Å²) in [6, 6.07) is 11.3. The molecule has 2 aromatic carbocycles. The Hall–Kier alpha value is -5.37. The van der Waals surface area contributed by atoms with E-state index in [-0.39, 0.29) is 35.0 Å².